The van der Waals surface area contributed by atoms with Gasteiger partial charge < -0.3 is 19.5 Å². The minimum Gasteiger partial charge on any atom is -0.490 e. The van der Waals surface area contributed by atoms with E-state index in [0.29, 0.717) is 28.2 Å². The summed E-state index contributed by atoms with van der Waals surface area (Å²) < 4.78 is 18.2. The van der Waals surface area contributed by atoms with Crippen LogP contribution in [0.2, 0.25) is 10.0 Å². The maximum atomic E-state index is 6.25. The van der Waals surface area contributed by atoms with Gasteiger partial charge in [-0.05, 0) is 79.5 Å². The maximum absolute atomic E-state index is 6.25. The van der Waals surface area contributed by atoms with Crippen molar-refractivity contribution in [3.05, 3.63) is 56.0 Å². The Labute approximate surface area is 192 Å². The van der Waals surface area contributed by atoms with E-state index < -0.39 is 0 Å². The van der Waals surface area contributed by atoms with Gasteiger partial charge in [0.15, 0.2) is 11.5 Å². The van der Waals surface area contributed by atoms with Gasteiger partial charge in [0, 0.05) is 28.8 Å². The summed E-state index contributed by atoms with van der Waals surface area (Å²) in [6.45, 7) is 9.21. The molecule has 29 heavy (non-hydrogen) atoms. The van der Waals surface area contributed by atoms with Gasteiger partial charge in [-0.2, -0.15) is 0 Å². The zero-order valence-corrected chi connectivity index (χ0v) is 20.2. The van der Waals surface area contributed by atoms with Crippen LogP contribution in [0.1, 0.15) is 38.3 Å². The molecule has 0 heterocycles. The van der Waals surface area contributed by atoms with E-state index in [2.05, 4.69) is 21.2 Å². The molecular formula is C22H28BrCl2NO3. The van der Waals surface area contributed by atoms with Gasteiger partial charge in [-0.25, -0.2) is 0 Å². The summed E-state index contributed by atoms with van der Waals surface area (Å²) >= 11 is 16.1. The molecule has 160 valence electrons. The Balaban J connectivity index is 2.01. The fraction of sp³-hybridized carbons (Fsp3) is 0.455. The quantitative estimate of drug-likeness (QED) is 0.329. The van der Waals surface area contributed by atoms with Crippen LogP contribution < -0.4 is 14.8 Å². The molecule has 2 aromatic rings. The van der Waals surface area contributed by atoms with Crippen molar-refractivity contribution in [2.75, 3.05) is 19.8 Å². The highest BCUT2D eigenvalue weighted by molar-refractivity contribution is 9.10. The van der Waals surface area contributed by atoms with E-state index in [9.17, 15) is 0 Å². The minimum atomic E-state index is 0.255. The lowest BCUT2D eigenvalue weighted by Gasteiger charge is -2.17. The van der Waals surface area contributed by atoms with E-state index in [1.165, 1.54) is 0 Å². The van der Waals surface area contributed by atoms with Crippen LogP contribution in [0.3, 0.4) is 0 Å². The highest BCUT2D eigenvalue weighted by atomic mass is 79.9. The third kappa shape index (κ3) is 7.99. The largest absolute Gasteiger partial charge is 0.490 e. The fourth-order valence-electron chi connectivity index (χ4n) is 2.69. The second-order valence-electron chi connectivity index (χ2n) is 6.78. The van der Waals surface area contributed by atoms with Gasteiger partial charge in [0.05, 0.1) is 17.2 Å². The Kier molecular flexibility index (Phi) is 10.6. The van der Waals surface area contributed by atoms with Gasteiger partial charge in [-0.3, -0.25) is 0 Å². The fourth-order valence-corrected chi connectivity index (χ4v) is 3.80. The number of ether oxygens (including phenoxy) is 3. The SMILES string of the molecule is CCOc1cc(CNCCCOC(C)C)cc(Br)c1OCc1c(Cl)cccc1Cl. The van der Waals surface area contributed by atoms with Gasteiger partial charge in [-0.15, -0.1) is 0 Å². The molecule has 0 bridgehead atoms. The number of halogens is 3. The highest BCUT2D eigenvalue weighted by Gasteiger charge is 2.14. The van der Waals surface area contributed by atoms with Crippen LogP contribution in [0.15, 0.2) is 34.8 Å². The zero-order valence-electron chi connectivity index (χ0n) is 17.1. The lowest BCUT2D eigenvalue weighted by Crippen LogP contribution is -2.17. The molecule has 0 saturated heterocycles. The smallest absolute Gasteiger partial charge is 0.175 e. The summed E-state index contributed by atoms with van der Waals surface area (Å²) in [6.07, 6.45) is 1.24. The van der Waals surface area contributed by atoms with Crippen molar-refractivity contribution in [2.24, 2.45) is 0 Å². The number of hydrogen-bond acceptors (Lipinski definition) is 4. The lowest BCUT2D eigenvalue weighted by molar-refractivity contribution is 0.0770. The number of nitrogens with one attached hydrogen (secondary N) is 1. The molecule has 0 unspecified atom stereocenters. The summed E-state index contributed by atoms with van der Waals surface area (Å²) in [5.41, 5.74) is 1.85. The Morgan fingerprint density at radius 1 is 1.10 bits per heavy atom. The minimum absolute atomic E-state index is 0.255. The monoisotopic (exact) mass is 503 g/mol. The first-order valence-electron chi connectivity index (χ1n) is 9.75. The van der Waals surface area contributed by atoms with Crippen molar-refractivity contribution in [2.45, 2.75) is 46.4 Å². The Morgan fingerprint density at radius 2 is 1.83 bits per heavy atom. The third-order valence-electron chi connectivity index (χ3n) is 4.07. The topological polar surface area (TPSA) is 39.7 Å². The van der Waals surface area contributed by atoms with E-state index in [-0.39, 0.29) is 12.7 Å². The van der Waals surface area contributed by atoms with Crippen molar-refractivity contribution in [1.29, 1.82) is 0 Å². The van der Waals surface area contributed by atoms with Gasteiger partial charge >= 0.3 is 0 Å². The Morgan fingerprint density at radius 3 is 2.48 bits per heavy atom. The van der Waals surface area contributed by atoms with Crippen LogP contribution in [0.25, 0.3) is 0 Å². The van der Waals surface area contributed by atoms with E-state index in [1.54, 1.807) is 12.1 Å². The van der Waals surface area contributed by atoms with Gasteiger partial charge in [0.1, 0.15) is 6.61 Å². The van der Waals surface area contributed by atoms with E-state index >= 15 is 0 Å². The molecule has 0 aliphatic heterocycles. The average molecular weight is 505 g/mol. The summed E-state index contributed by atoms with van der Waals surface area (Å²) in [5, 5.41) is 4.59. The molecule has 0 aliphatic rings. The summed E-state index contributed by atoms with van der Waals surface area (Å²) in [7, 11) is 0. The molecule has 4 nitrogen and oxygen atoms in total. The first-order chi connectivity index (χ1) is 13.9. The molecule has 0 fully saturated rings. The van der Waals surface area contributed by atoms with Gasteiger partial charge in [0.25, 0.3) is 0 Å². The molecule has 2 aromatic carbocycles. The Hall–Kier alpha value is -0.980. The first kappa shape index (κ1) is 24.3. The van der Waals surface area contributed by atoms with Crippen molar-refractivity contribution in [3.8, 4) is 11.5 Å². The molecule has 0 atom stereocenters. The lowest BCUT2D eigenvalue weighted by atomic mass is 10.2. The molecule has 0 radical (unpaired) electrons. The standard InChI is InChI=1S/C22H28BrCl2NO3/c1-4-27-21-12-16(13-26-9-6-10-28-15(2)3)11-18(23)22(21)29-14-17-19(24)7-5-8-20(17)25/h5,7-8,11-12,15,26H,4,6,9-10,13-14H2,1-3H3. The number of rotatable bonds is 12. The van der Waals surface area contributed by atoms with Crippen LogP contribution in [0.5, 0.6) is 11.5 Å². The summed E-state index contributed by atoms with van der Waals surface area (Å²) in [4.78, 5) is 0. The predicted octanol–water partition coefficient (Wildman–Crippen LogP) is 6.64. The second kappa shape index (κ2) is 12.7. The maximum Gasteiger partial charge on any atom is 0.175 e. The number of hydrogen-bond donors (Lipinski definition) is 1. The molecule has 2 rings (SSSR count). The van der Waals surface area contributed by atoms with Crippen molar-refractivity contribution in [1.82, 2.24) is 5.32 Å². The second-order valence-corrected chi connectivity index (χ2v) is 8.45. The highest BCUT2D eigenvalue weighted by Crippen LogP contribution is 2.38. The summed E-state index contributed by atoms with van der Waals surface area (Å²) in [5.74, 6) is 1.32. The normalized spacial score (nSPS) is 11.1. The van der Waals surface area contributed by atoms with Gasteiger partial charge in [0.2, 0.25) is 0 Å². The zero-order chi connectivity index (χ0) is 21.2. The molecule has 0 amide bonds. The molecule has 0 saturated carbocycles. The van der Waals surface area contributed by atoms with Crippen molar-refractivity contribution < 1.29 is 14.2 Å². The molecule has 0 aromatic heterocycles. The van der Waals surface area contributed by atoms with Crippen LogP contribution in [0, 0.1) is 0 Å². The average Bonchev–Trinajstić information content (AvgIpc) is 2.66. The molecule has 0 spiro atoms. The third-order valence-corrected chi connectivity index (χ3v) is 5.37. The molecule has 0 aliphatic carbocycles. The summed E-state index contributed by atoms with van der Waals surface area (Å²) in [6, 6.07) is 9.43. The van der Waals surface area contributed by atoms with E-state index in [1.807, 2.05) is 39.0 Å². The van der Waals surface area contributed by atoms with Crippen molar-refractivity contribution in [3.63, 3.8) is 0 Å². The van der Waals surface area contributed by atoms with E-state index in [0.717, 1.165) is 41.7 Å². The molecule has 1 N–H and O–H groups in total. The van der Waals surface area contributed by atoms with Crippen LogP contribution in [0.4, 0.5) is 0 Å². The molecule has 7 heteroatoms. The van der Waals surface area contributed by atoms with Crippen molar-refractivity contribution >= 4 is 39.1 Å². The predicted molar refractivity (Wildman–Crippen MR) is 124 cm³/mol. The molecular weight excluding hydrogens is 477 g/mol. The van der Waals surface area contributed by atoms with Crippen LogP contribution in [-0.4, -0.2) is 25.9 Å². The first-order valence-corrected chi connectivity index (χ1v) is 11.3. The van der Waals surface area contributed by atoms with Crippen LogP contribution >= 0.6 is 39.1 Å². The van der Waals surface area contributed by atoms with Crippen LogP contribution in [-0.2, 0) is 17.9 Å². The van der Waals surface area contributed by atoms with Gasteiger partial charge in [-0.1, -0.05) is 29.3 Å². The van der Waals surface area contributed by atoms with E-state index in [4.69, 9.17) is 37.4 Å². The number of benzene rings is 2. The Bertz CT molecular complexity index is 767.